The van der Waals surface area contributed by atoms with E-state index in [4.69, 9.17) is 4.42 Å². The average Bonchev–Trinajstić information content (AvgIpc) is 2.91. The molecule has 2 aliphatic carbocycles. The number of fused-ring (bicyclic) bond motifs is 1. The van der Waals surface area contributed by atoms with Crippen LogP contribution in [0.1, 0.15) is 61.1 Å². The van der Waals surface area contributed by atoms with Gasteiger partial charge in [0, 0.05) is 5.71 Å². The quantitative estimate of drug-likeness (QED) is 0.837. The van der Waals surface area contributed by atoms with Gasteiger partial charge in [-0.05, 0) is 50.5 Å². The van der Waals surface area contributed by atoms with Gasteiger partial charge in [-0.1, -0.05) is 19.3 Å². The van der Waals surface area contributed by atoms with Crippen LogP contribution in [-0.4, -0.2) is 11.6 Å². The van der Waals surface area contributed by atoms with Crippen molar-refractivity contribution in [3.05, 3.63) is 23.7 Å². The molecule has 108 valence electrons. The Morgan fingerprint density at radius 3 is 2.85 bits per heavy atom. The lowest BCUT2D eigenvalue weighted by Crippen LogP contribution is -2.29. The van der Waals surface area contributed by atoms with E-state index in [9.17, 15) is 4.79 Å². The van der Waals surface area contributed by atoms with Crippen LogP contribution >= 0.6 is 0 Å². The lowest BCUT2D eigenvalue weighted by Gasteiger charge is -2.35. The molecule has 4 heteroatoms. The molecule has 20 heavy (non-hydrogen) atoms. The number of carbonyl (C=O) groups is 1. The summed E-state index contributed by atoms with van der Waals surface area (Å²) in [6.45, 7) is 1.79. The van der Waals surface area contributed by atoms with Gasteiger partial charge in [-0.3, -0.25) is 4.79 Å². The molecule has 0 aromatic carbocycles. The summed E-state index contributed by atoms with van der Waals surface area (Å²) in [6, 6.07) is 1.68. The topological polar surface area (TPSA) is 54.6 Å². The summed E-state index contributed by atoms with van der Waals surface area (Å²) in [5.41, 5.74) is 4.41. The number of hydrogen-bond donors (Lipinski definition) is 1. The van der Waals surface area contributed by atoms with Crippen LogP contribution in [0, 0.1) is 18.8 Å². The van der Waals surface area contributed by atoms with Gasteiger partial charge in [-0.15, -0.1) is 0 Å². The Bertz CT molecular complexity index is 518. The van der Waals surface area contributed by atoms with E-state index in [1.165, 1.54) is 38.4 Å². The van der Waals surface area contributed by atoms with Gasteiger partial charge in [0.15, 0.2) is 0 Å². The third-order valence-electron chi connectivity index (χ3n) is 4.79. The van der Waals surface area contributed by atoms with Crippen molar-refractivity contribution in [1.29, 1.82) is 0 Å². The summed E-state index contributed by atoms with van der Waals surface area (Å²) in [7, 11) is 0. The summed E-state index contributed by atoms with van der Waals surface area (Å²) < 4.78 is 5.14. The molecule has 0 bridgehead atoms. The molecule has 0 saturated heterocycles. The number of rotatable bonds is 2. The summed E-state index contributed by atoms with van der Waals surface area (Å²) in [6.07, 6.45) is 10.3. The molecular weight excluding hydrogens is 252 g/mol. The molecule has 2 saturated carbocycles. The molecule has 0 radical (unpaired) electrons. The first-order chi connectivity index (χ1) is 9.74. The Labute approximate surface area is 119 Å². The van der Waals surface area contributed by atoms with Crippen LogP contribution in [0.2, 0.25) is 0 Å². The lowest BCUT2D eigenvalue weighted by molar-refractivity contribution is 0.0952. The summed E-state index contributed by atoms with van der Waals surface area (Å²) in [5, 5.41) is 4.35. The number of hydrogen-bond acceptors (Lipinski definition) is 3. The van der Waals surface area contributed by atoms with Gasteiger partial charge < -0.3 is 4.42 Å². The number of aryl methyl sites for hydroxylation is 1. The first kappa shape index (κ1) is 13.4. The fourth-order valence-electron chi connectivity index (χ4n) is 3.60. The van der Waals surface area contributed by atoms with Crippen LogP contribution in [0.4, 0.5) is 0 Å². The first-order valence-electron chi connectivity index (χ1n) is 7.64. The Morgan fingerprint density at radius 2 is 2.10 bits per heavy atom. The van der Waals surface area contributed by atoms with Gasteiger partial charge in [0.1, 0.15) is 5.76 Å². The average molecular weight is 274 g/mol. The maximum Gasteiger partial charge on any atom is 0.274 e. The maximum absolute atomic E-state index is 12.0. The van der Waals surface area contributed by atoms with E-state index < -0.39 is 0 Å². The van der Waals surface area contributed by atoms with Crippen LogP contribution in [0.5, 0.6) is 0 Å². The lowest BCUT2D eigenvalue weighted by atomic mass is 9.70. The third kappa shape index (κ3) is 2.79. The maximum atomic E-state index is 12.0. The molecule has 2 aliphatic rings. The molecule has 2 atom stereocenters. The molecule has 0 aliphatic heterocycles. The zero-order valence-electron chi connectivity index (χ0n) is 12.0. The zero-order valence-corrected chi connectivity index (χ0v) is 12.0. The second kappa shape index (κ2) is 5.81. The first-order valence-corrected chi connectivity index (χ1v) is 7.64. The van der Waals surface area contributed by atoms with E-state index >= 15 is 0 Å². The van der Waals surface area contributed by atoms with Gasteiger partial charge in [-0.2, -0.15) is 5.10 Å². The van der Waals surface area contributed by atoms with Crippen LogP contribution in [0.15, 0.2) is 21.8 Å². The van der Waals surface area contributed by atoms with E-state index in [-0.39, 0.29) is 5.91 Å². The van der Waals surface area contributed by atoms with Gasteiger partial charge in [0.05, 0.1) is 11.8 Å². The number of nitrogens with zero attached hydrogens (tertiary/aromatic N) is 1. The van der Waals surface area contributed by atoms with Gasteiger partial charge in [-0.25, -0.2) is 5.43 Å². The summed E-state index contributed by atoms with van der Waals surface area (Å²) in [4.78, 5) is 12.0. The van der Waals surface area contributed by atoms with Crippen molar-refractivity contribution < 1.29 is 9.21 Å². The second-order valence-electron chi connectivity index (χ2n) is 6.06. The molecule has 2 fully saturated rings. The van der Waals surface area contributed by atoms with Gasteiger partial charge >= 0.3 is 0 Å². The molecule has 1 N–H and O–H groups in total. The van der Waals surface area contributed by atoms with Crippen LogP contribution < -0.4 is 5.43 Å². The summed E-state index contributed by atoms with van der Waals surface area (Å²) in [5.74, 6) is 2.16. The van der Waals surface area contributed by atoms with Crippen molar-refractivity contribution in [3.8, 4) is 0 Å². The Hall–Kier alpha value is -1.58. The van der Waals surface area contributed by atoms with Crippen molar-refractivity contribution >= 4 is 11.6 Å². The zero-order chi connectivity index (χ0) is 13.9. The van der Waals surface area contributed by atoms with Crippen LogP contribution in [-0.2, 0) is 0 Å². The molecule has 3 rings (SSSR count). The Morgan fingerprint density at radius 1 is 1.30 bits per heavy atom. The summed E-state index contributed by atoms with van der Waals surface area (Å²) >= 11 is 0. The fraction of sp³-hybridized carbons (Fsp3) is 0.625. The molecule has 1 amide bonds. The van der Waals surface area contributed by atoms with E-state index in [2.05, 4.69) is 10.5 Å². The Balaban J connectivity index is 1.59. The largest absolute Gasteiger partial charge is 0.469 e. The molecule has 1 aromatic heterocycles. The number of amides is 1. The molecule has 0 spiro atoms. The normalized spacial score (nSPS) is 28.1. The number of nitrogens with one attached hydrogen (secondary N) is 1. The highest BCUT2D eigenvalue weighted by molar-refractivity contribution is 5.96. The fourth-order valence-corrected chi connectivity index (χ4v) is 3.60. The highest BCUT2D eigenvalue weighted by Gasteiger charge is 2.30. The van der Waals surface area contributed by atoms with Crippen molar-refractivity contribution in [3.63, 3.8) is 0 Å². The van der Waals surface area contributed by atoms with E-state index in [0.717, 1.165) is 30.4 Å². The number of furan rings is 1. The molecule has 1 heterocycles. The molecular formula is C16H22N2O2. The van der Waals surface area contributed by atoms with Gasteiger partial charge in [0.25, 0.3) is 5.91 Å². The number of hydrazone groups is 1. The van der Waals surface area contributed by atoms with Crippen molar-refractivity contribution in [2.45, 2.75) is 51.9 Å². The highest BCUT2D eigenvalue weighted by Crippen LogP contribution is 2.39. The van der Waals surface area contributed by atoms with Crippen LogP contribution in [0.25, 0.3) is 0 Å². The van der Waals surface area contributed by atoms with Gasteiger partial charge in [0.2, 0.25) is 0 Å². The van der Waals surface area contributed by atoms with Crippen LogP contribution in [0.3, 0.4) is 0 Å². The predicted octanol–water partition coefficient (Wildman–Crippen LogP) is 3.66. The molecule has 0 unspecified atom stereocenters. The van der Waals surface area contributed by atoms with Crippen molar-refractivity contribution in [2.24, 2.45) is 16.9 Å². The predicted molar refractivity (Wildman–Crippen MR) is 77.6 cm³/mol. The monoisotopic (exact) mass is 274 g/mol. The van der Waals surface area contributed by atoms with Crippen molar-refractivity contribution in [1.82, 2.24) is 5.43 Å². The van der Waals surface area contributed by atoms with Crippen molar-refractivity contribution in [2.75, 3.05) is 0 Å². The van der Waals surface area contributed by atoms with E-state index in [1.807, 2.05) is 0 Å². The minimum atomic E-state index is -0.172. The third-order valence-corrected chi connectivity index (χ3v) is 4.79. The second-order valence-corrected chi connectivity index (χ2v) is 6.06. The number of carbonyl (C=O) groups excluding carboxylic acids is 1. The molecule has 1 aromatic rings. The highest BCUT2D eigenvalue weighted by atomic mass is 16.3. The smallest absolute Gasteiger partial charge is 0.274 e. The minimum absolute atomic E-state index is 0.172. The Kier molecular flexibility index (Phi) is 3.90. The van der Waals surface area contributed by atoms with E-state index in [0.29, 0.717) is 11.3 Å². The molecule has 4 nitrogen and oxygen atoms in total. The minimum Gasteiger partial charge on any atom is -0.469 e. The van der Waals surface area contributed by atoms with E-state index in [1.54, 1.807) is 13.0 Å². The standard InChI is InChI=1S/C16H22N2O2/c1-11-15(8-9-20-11)16(19)18-17-14-7-6-12-4-2-3-5-13(12)10-14/h8-9,12-13H,2-7,10H2,1H3,(H,18,19)/b17-14-/t12-,13-/m0/s1. The SMILES string of the molecule is Cc1occc1C(=O)N/N=C1/CC[C@@H]2CCCC[C@H]2C1.